The fraction of sp³-hybridized carbons (Fsp3) is 0.143. The summed E-state index contributed by atoms with van der Waals surface area (Å²) >= 11 is 5.74. The smallest absolute Gasteiger partial charge is 0.0450 e. The van der Waals surface area contributed by atoms with Gasteiger partial charge in [0.1, 0.15) is 0 Å². The number of benzene rings is 1. The predicted molar refractivity (Wildman–Crippen MR) is 44.4 cm³/mol. The van der Waals surface area contributed by atoms with E-state index < -0.39 is 0 Å². The van der Waals surface area contributed by atoms with Gasteiger partial charge < -0.3 is 11.9 Å². The first-order valence-electron chi connectivity index (χ1n) is 2.78. The molecule has 0 aromatic heterocycles. The van der Waals surface area contributed by atoms with Gasteiger partial charge in [-0.3, -0.25) is 0 Å². The second-order valence-corrected chi connectivity index (χ2v) is 2.20. The van der Waals surface area contributed by atoms with Crippen molar-refractivity contribution < 1.29 is 0 Å². The van der Waals surface area contributed by atoms with Crippen molar-refractivity contribution in [2.75, 3.05) is 0 Å². The average Bonchev–Trinajstić information content (AvgIpc) is 1.89. The van der Waals surface area contributed by atoms with E-state index >= 15 is 0 Å². The van der Waals surface area contributed by atoms with Gasteiger partial charge in [0.15, 0.2) is 0 Å². The minimum atomic E-state index is 0. The summed E-state index contributed by atoms with van der Waals surface area (Å²) in [6.07, 6.45) is 0. The summed E-state index contributed by atoms with van der Waals surface area (Å²) in [5.41, 5.74) is 6.37. The molecule has 0 radical (unpaired) electrons. The SMILES string of the molecule is N.NCc1ccccc1Cl. The van der Waals surface area contributed by atoms with E-state index in [-0.39, 0.29) is 6.15 Å². The molecule has 0 unspecified atom stereocenters. The van der Waals surface area contributed by atoms with Crippen LogP contribution in [0.2, 0.25) is 5.02 Å². The maximum Gasteiger partial charge on any atom is 0.0450 e. The summed E-state index contributed by atoms with van der Waals surface area (Å²) in [5.74, 6) is 0. The fourth-order valence-electron chi connectivity index (χ4n) is 0.664. The Morgan fingerprint density at radius 1 is 1.30 bits per heavy atom. The molecule has 0 bridgehead atoms. The molecule has 0 spiro atoms. The maximum absolute atomic E-state index is 5.74. The van der Waals surface area contributed by atoms with Crippen LogP contribution in [0.4, 0.5) is 0 Å². The molecular weight excluding hydrogens is 148 g/mol. The lowest BCUT2D eigenvalue weighted by Crippen LogP contribution is -1.95. The fourth-order valence-corrected chi connectivity index (χ4v) is 0.877. The number of halogens is 1. The lowest BCUT2D eigenvalue weighted by atomic mass is 10.2. The molecule has 0 saturated heterocycles. The topological polar surface area (TPSA) is 61.0 Å². The normalized spacial score (nSPS) is 8.60. The molecule has 0 atom stereocenters. The lowest BCUT2D eigenvalue weighted by Gasteiger charge is -1.96. The Morgan fingerprint density at radius 2 is 1.90 bits per heavy atom. The Balaban J connectivity index is 0.000000810. The van der Waals surface area contributed by atoms with Crippen LogP contribution in [0.1, 0.15) is 5.56 Å². The van der Waals surface area contributed by atoms with Crippen LogP contribution >= 0.6 is 11.6 Å². The average molecular weight is 159 g/mol. The van der Waals surface area contributed by atoms with Gasteiger partial charge in [-0.15, -0.1) is 0 Å². The second-order valence-electron chi connectivity index (χ2n) is 1.80. The maximum atomic E-state index is 5.74. The van der Waals surface area contributed by atoms with Gasteiger partial charge in [-0.2, -0.15) is 0 Å². The Labute approximate surface area is 65.6 Å². The largest absolute Gasteiger partial charge is 0.344 e. The molecule has 10 heavy (non-hydrogen) atoms. The van der Waals surface area contributed by atoms with E-state index in [9.17, 15) is 0 Å². The van der Waals surface area contributed by atoms with Crippen molar-refractivity contribution in [3.63, 3.8) is 0 Å². The van der Waals surface area contributed by atoms with E-state index in [0.717, 1.165) is 10.6 Å². The van der Waals surface area contributed by atoms with E-state index in [0.29, 0.717) is 6.54 Å². The van der Waals surface area contributed by atoms with Gasteiger partial charge in [0, 0.05) is 11.6 Å². The Kier molecular flexibility index (Phi) is 4.03. The number of hydrogen-bond donors (Lipinski definition) is 2. The molecule has 0 fully saturated rings. The van der Waals surface area contributed by atoms with Gasteiger partial charge in [-0.05, 0) is 11.6 Å². The number of nitrogens with two attached hydrogens (primary N) is 1. The molecule has 0 saturated carbocycles. The van der Waals surface area contributed by atoms with E-state index in [1.165, 1.54) is 0 Å². The third kappa shape index (κ3) is 1.99. The molecular formula is C7H11ClN2. The predicted octanol–water partition coefficient (Wildman–Crippen LogP) is 1.96. The van der Waals surface area contributed by atoms with E-state index in [1.807, 2.05) is 24.3 Å². The quantitative estimate of drug-likeness (QED) is 0.657. The van der Waals surface area contributed by atoms with Crippen LogP contribution in [-0.2, 0) is 6.54 Å². The molecule has 0 heterocycles. The van der Waals surface area contributed by atoms with Crippen molar-refractivity contribution in [1.29, 1.82) is 0 Å². The Hall–Kier alpha value is -0.570. The molecule has 1 rings (SSSR count). The van der Waals surface area contributed by atoms with Crippen molar-refractivity contribution in [2.45, 2.75) is 6.54 Å². The monoisotopic (exact) mass is 158 g/mol. The third-order valence-electron chi connectivity index (χ3n) is 1.18. The van der Waals surface area contributed by atoms with Crippen molar-refractivity contribution in [3.8, 4) is 0 Å². The van der Waals surface area contributed by atoms with Crippen molar-refractivity contribution in [3.05, 3.63) is 34.9 Å². The highest BCUT2D eigenvalue weighted by atomic mass is 35.5. The van der Waals surface area contributed by atoms with Gasteiger partial charge in [-0.25, -0.2) is 0 Å². The Bertz CT molecular complexity index is 201. The van der Waals surface area contributed by atoms with Crippen LogP contribution in [0.5, 0.6) is 0 Å². The number of hydrogen-bond acceptors (Lipinski definition) is 2. The molecule has 56 valence electrons. The van der Waals surface area contributed by atoms with Crippen LogP contribution in [-0.4, -0.2) is 0 Å². The van der Waals surface area contributed by atoms with Crippen molar-refractivity contribution in [2.24, 2.45) is 5.73 Å². The van der Waals surface area contributed by atoms with Crippen LogP contribution in [0.15, 0.2) is 24.3 Å². The highest BCUT2D eigenvalue weighted by Crippen LogP contribution is 2.12. The summed E-state index contributed by atoms with van der Waals surface area (Å²) in [7, 11) is 0. The van der Waals surface area contributed by atoms with Crippen LogP contribution in [0.25, 0.3) is 0 Å². The molecule has 1 aromatic carbocycles. The van der Waals surface area contributed by atoms with Crippen molar-refractivity contribution in [1.82, 2.24) is 6.15 Å². The zero-order valence-corrected chi connectivity index (χ0v) is 6.43. The standard InChI is InChI=1S/C7H8ClN.H3N/c8-7-4-2-1-3-6(7)5-9;/h1-4H,5,9H2;1H3. The minimum absolute atomic E-state index is 0. The summed E-state index contributed by atoms with van der Waals surface area (Å²) in [6, 6.07) is 7.57. The van der Waals surface area contributed by atoms with E-state index in [1.54, 1.807) is 0 Å². The summed E-state index contributed by atoms with van der Waals surface area (Å²) in [5, 5.41) is 0.750. The molecule has 0 amide bonds. The van der Waals surface area contributed by atoms with E-state index in [4.69, 9.17) is 17.3 Å². The summed E-state index contributed by atoms with van der Waals surface area (Å²) in [6.45, 7) is 0.514. The summed E-state index contributed by atoms with van der Waals surface area (Å²) < 4.78 is 0. The molecule has 0 aliphatic rings. The second kappa shape index (κ2) is 4.28. The summed E-state index contributed by atoms with van der Waals surface area (Å²) in [4.78, 5) is 0. The Morgan fingerprint density at radius 3 is 2.30 bits per heavy atom. The van der Waals surface area contributed by atoms with Crippen LogP contribution in [0, 0.1) is 0 Å². The highest BCUT2D eigenvalue weighted by molar-refractivity contribution is 6.31. The zero-order chi connectivity index (χ0) is 6.69. The molecule has 5 N–H and O–H groups in total. The van der Waals surface area contributed by atoms with Crippen LogP contribution < -0.4 is 11.9 Å². The highest BCUT2D eigenvalue weighted by Gasteiger charge is 1.92. The van der Waals surface area contributed by atoms with Gasteiger partial charge in [0.25, 0.3) is 0 Å². The third-order valence-corrected chi connectivity index (χ3v) is 1.55. The van der Waals surface area contributed by atoms with Gasteiger partial charge in [0.05, 0.1) is 0 Å². The zero-order valence-electron chi connectivity index (χ0n) is 5.68. The molecule has 1 aromatic rings. The van der Waals surface area contributed by atoms with Crippen LogP contribution in [0.3, 0.4) is 0 Å². The van der Waals surface area contributed by atoms with Gasteiger partial charge in [-0.1, -0.05) is 29.8 Å². The minimum Gasteiger partial charge on any atom is -0.344 e. The first-order valence-corrected chi connectivity index (χ1v) is 3.16. The molecule has 0 aliphatic heterocycles. The lowest BCUT2D eigenvalue weighted by molar-refractivity contribution is 1.07. The first kappa shape index (κ1) is 9.43. The molecule has 0 aliphatic carbocycles. The van der Waals surface area contributed by atoms with Crippen molar-refractivity contribution >= 4 is 11.6 Å². The molecule has 3 heteroatoms. The first-order chi connectivity index (χ1) is 4.34. The van der Waals surface area contributed by atoms with E-state index in [2.05, 4.69) is 0 Å². The molecule has 2 nitrogen and oxygen atoms in total. The number of rotatable bonds is 1. The van der Waals surface area contributed by atoms with Gasteiger partial charge >= 0.3 is 0 Å². The van der Waals surface area contributed by atoms with Gasteiger partial charge in [0.2, 0.25) is 0 Å².